The third-order valence-electron chi connectivity index (χ3n) is 2.98. The lowest BCUT2D eigenvalue weighted by Crippen LogP contribution is -2.28. The van der Waals surface area contributed by atoms with Crippen molar-refractivity contribution in [2.75, 3.05) is 6.54 Å². The van der Waals surface area contributed by atoms with Crippen LogP contribution in [0.4, 0.5) is 4.39 Å². The average Bonchev–Trinajstić information content (AvgIpc) is 2.55. The molecule has 0 saturated heterocycles. The van der Waals surface area contributed by atoms with Gasteiger partial charge in [-0.2, -0.15) is 0 Å². The van der Waals surface area contributed by atoms with Crippen molar-refractivity contribution in [3.63, 3.8) is 0 Å². The van der Waals surface area contributed by atoms with Crippen molar-refractivity contribution >= 4 is 11.0 Å². The Morgan fingerprint density at radius 1 is 1.47 bits per heavy atom. The van der Waals surface area contributed by atoms with Crippen LogP contribution in [-0.2, 0) is 13.5 Å². The number of nitrogens with one attached hydrogen (secondary N) is 1. The summed E-state index contributed by atoms with van der Waals surface area (Å²) in [5.41, 5.74) is 1.70. The van der Waals surface area contributed by atoms with Crippen LogP contribution in [0.2, 0.25) is 0 Å². The molecular formula is C13H18FN3. The molecule has 2 aromatic rings. The first-order valence-electron chi connectivity index (χ1n) is 5.96. The molecule has 1 heterocycles. The highest BCUT2D eigenvalue weighted by atomic mass is 19.1. The Morgan fingerprint density at radius 2 is 2.24 bits per heavy atom. The van der Waals surface area contributed by atoms with Crippen LogP contribution in [-0.4, -0.2) is 22.1 Å². The van der Waals surface area contributed by atoms with Crippen LogP contribution in [0.15, 0.2) is 18.2 Å². The van der Waals surface area contributed by atoms with E-state index in [1.165, 1.54) is 12.1 Å². The Balaban J connectivity index is 2.32. The number of nitrogens with zero attached hydrogens (tertiary/aromatic N) is 2. The Hall–Kier alpha value is -1.42. The monoisotopic (exact) mass is 235 g/mol. The zero-order valence-electron chi connectivity index (χ0n) is 10.5. The lowest BCUT2D eigenvalue weighted by molar-refractivity contribution is 0.545. The molecule has 4 heteroatoms. The van der Waals surface area contributed by atoms with E-state index in [-0.39, 0.29) is 5.82 Å². The molecule has 0 radical (unpaired) electrons. The van der Waals surface area contributed by atoms with Crippen LogP contribution in [0, 0.1) is 5.82 Å². The lowest BCUT2D eigenvalue weighted by Gasteiger charge is -2.11. The predicted molar refractivity (Wildman–Crippen MR) is 67.5 cm³/mol. The zero-order chi connectivity index (χ0) is 12.4. The predicted octanol–water partition coefficient (Wildman–Crippen LogP) is 2.25. The molecule has 17 heavy (non-hydrogen) atoms. The number of hydrogen-bond donors (Lipinski definition) is 1. The van der Waals surface area contributed by atoms with Crippen LogP contribution < -0.4 is 5.32 Å². The van der Waals surface area contributed by atoms with Gasteiger partial charge in [-0.05, 0) is 25.6 Å². The zero-order valence-corrected chi connectivity index (χ0v) is 10.5. The summed E-state index contributed by atoms with van der Waals surface area (Å²) in [6.07, 6.45) is 0.848. The van der Waals surface area contributed by atoms with Gasteiger partial charge >= 0.3 is 0 Å². The van der Waals surface area contributed by atoms with Crippen molar-refractivity contribution < 1.29 is 4.39 Å². The Kier molecular flexibility index (Phi) is 3.43. The van der Waals surface area contributed by atoms with Crippen molar-refractivity contribution in [3.05, 3.63) is 29.8 Å². The molecule has 0 aliphatic heterocycles. The van der Waals surface area contributed by atoms with Crippen LogP contribution in [0.1, 0.15) is 19.7 Å². The first-order chi connectivity index (χ1) is 8.11. The smallest absolute Gasteiger partial charge is 0.125 e. The number of halogens is 1. The summed E-state index contributed by atoms with van der Waals surface area (Å²) in [6.45, 7) is 5.16. The highest BCUT2D eigenvalue weighted by Gasteiger charge is 2.11. The maximum atomic E-state index is 13.1. The number of imidazole rings is 1. The van der Waals surface area contributed by atoms with Crippen LogP contribution >= 0.6 is 0 Å². The fraction of sp³-hybridized carbons (Fsp3) is 0.462. The topological polar surface area (TPSA) is 29.9 Å². The SMILES string of the molecule is CCNC(C)Cc1nc2cc(F)ccc2n1C. The first kappa shape index (κ1) is 12.0. The number of aromatic nitrogens is 2. The van der Waals surface area contributed by atoms with Gasteiger partial charge in [-0.15, -0.1) is 0 Å². The van der Waals surface area contributed by atoms with Crippen molar-refractivity contribution in [2.24, 2.45) is 7.05 Å². The number of hydrogen-bond acceptors (Lipinski definition) is 2. The molecule has 3 nitrogen and oxygen atoms in total. The van der Waals surface area contributed by atoms with Gasteiger partial charge in [0.25, 0.3) is 0 Å². The van der Waals surface area contributed by atoms with Gasteiger partial charge in [0, 0.05) is 25.6 Å². The largest absolute Gasteiger partial charge is 0.331 e. The second-order valence-corrected chi connectivity index (χ2v) is 4.38. The van der Waals surface area contributed by atoms with E-state index in [2.05, 4.69) is 24.1 Å². The van der Waals surface area contributed by atoms with E-state index >= 15 is 0 Å². The van der Waals surface area contributed by atoms with E-state index in [9.17, 15) is 4.39 Å². The van der Waals surface area contributed by atoms with Crippen molar-refractivity contribution in [3.8, 4) is 0 Å². The molecule has 0 aliphatic carbocycles. The molecule has 0 fully saturated rings. The van der Waals surface area contributed by atoms with Crippen LogP contribution in [0.5, 0.6) is 0 Å². The minimum Gasteiger partial charge on any atom is -0.331 e. The molecule has 2 rings (SSSR count). The molecule has 1 unspecified atom stereocenters. The van der Waals surface area contributed by atoms with E-state index in [4.69, 9.17) is 0 Å². The van der Waals surface area contributed by atoms with E-state index < -0.39 is 0 Å². The maximum absolute atomic E-state index is 13.1. The maximum Gasteiger partial charge on any atom is 0.125 e. The van der Waals surface area contributed by atoms with Gasteiger partial charge in [-0.1, -0.05) is 6.92 Å². The number of benzene rings is 1. The number of fused-ring (bicyclic) bond motifs is 1. The molecule has 0 saturated carbocycles. The van der Waals surface area contributed by atoms with Crippen LogP contribution in [0.3, 0.4) is 0 Å². The second-order valence-electron chi connectivity index (χ2n) is 4.38. The summed E-state index contributed by atoms with van der Waals surface area (Å²) in [7, 11) is 1.97. The molecule has 0 amide bonds. The normalized spacial score (nSPS) is 13.2. The van der Waals surface area contributed by atoms with Crippen molar-refractivity contribution in [1.82, 2.24) is 14.9 Å². The highest BCUT2D eigenvalue weighted by molar-refractivity contribution is 5.75. The van der Waals surface area contributed by atoms with Crippen LogP contribution in [0.25, 0.3) is 11.0 Å². The minimum absolute atomic E-state index is 0.234. The van der Waals surface area contributed by atoms with Gasteiger partial charge in [-0.25, -0.2) is 9.37 Å². The van der Waals surface area contributed by atoms with Gasteiger partial charge in [-0.3, -0.25) is 0 Å². The molecule has 0 bridgehead atoms. The number of aryl methyl sites for hydroxylation is 1. The average molecular weight is 235 g/mol. The number of likely N-dealkylation sites (N-methyl/N-ethyl adjacent to an activating group) is 1. The summed E-state index contributed by atoms with van der Waals surface area (Å²) in [4.78, 5) is 4.48. The number of rotatable bonds is 4. The molecule has 1 aromatic heterocycles. The molecule has 1 N–H and O–H groups in total. The van der Waals surface area contributed by atoms with Crippen molar-refractivity contribution in [1.29, 1.82) is 0 Å². The summed E-state index contributed by atoms with van der Waals surface area (Å²) < 4.78 is 15.1. The summed E-state index contributed by atoms with van der Waals surface area (Å²) in [5.74, 6) is 0.751. The fourth-order valence-corrected chi connectivity index (χ4v) is 2.10. The summed E-state index contributed by atoms with van der Waals surface area (Å²) in [6, 6.07) is 5.11. The molecular weight excluding hydrogens is 217 g/mol. The Labute approximate surface area is 101 Å². The summed E-state index contributed by atoms with van der Waals surface area (Å²) in [5, 5.41) is 3.35. The van der Waals surface area contributed by atoms with E-state index in [1.54, 1.807) is 6.07 Å². The Morgan fingerprint density at radius 3 is 2.94 bits per heavy atom. The third-order valence-corrected chi connectivity index (χ3v) is 2.98. The standard InChI is InChI=1S/C13H18FN3/c1-4-15-9(2)7-13-16-11-8-10(14)5-6-12(11)17(13)3/h5-6,8-9,15H,4,7H2,1-3H3. The second kappa shape index (κ2) is 4.84. The molecule has 92 valence electrons. The minimum atomic E-state index is -0.234. The molecule has 1 aromatic carbocycles. The quantitative estimate of drug-likeness (QED) is 0.881. The highest BCUT2D eigenvalue weighted by Crippen LogP contribution is 2.17. The van der Waals surface area contributed by atoms with E-state index in [0.717, 1.165) is 29.8 Å². The van der Waals surface area contributed by atoms with E-state index in [1.807, 2.05) is 11.6 Å². The van der Waals surface area contributed by atoms with Gasteiger partial charge in [0.2, 0.25) is 0 Å². The Bertz CT molecular complexity index is 519. The molecule has 1 atom stereocenters. The summed E-state index contributed by atoms with van der Waals surface area (Å²) >= 11 is 0. The molecule has 0 aliphatic rings. The lowest BCUT2D eigenvalue weighted by atomic mass is 10.2. The van der Waals surface area contributed by atoms with Gasteiger partial charge in [0.1, 0.15) is 11.6 Å². The van der Waals surface area contributed by atoms with E-state index in [0.29, 0.717) is 6.04 Å². The molecule has 0 spiro atoms. The fourth-order valence-electron chi connectivity index (χ4n) is 2.10. The first-order valence-corrected chi connectivity index (χ1v) is 5.96. The van der Waals surface area contributed by atoms with Gasteiger partial charge in [0.15, 0.2) is 0 Å². The third kappa shape index (κ3) is 2.47. The van der Waals surface area contributed by atoms with Gasteiger partial charge < -0.3 is 9.88 Å². The van der Waals surface area contributed by atoms with Crippen molar-refractivity contribution in [2.45, 2.75) is 26.3 Å². The van der Waals surface area contributed by atoms with Gasteiger partial charge in [0.05, 0.1) is 11.0 Å².